The van der Waals surface area contributed by atoms with E-state index in [-0.39, 0.29) is 4.90 Å². The van der Waals surface area contributed by atoms with Crippen LogP contribution in [0.2, 0.25) is 0 Å². The Kier molecular flexibility index (Phi) is 7.66. The van der Waals surface area contributed by atoms with E-state index in [4.69, 9.17) is 4.74 Å². The van der Waals surface area contributed by atoms with Crippen LogP contribution in [0.5, 0.6) is 5.75 Å². The van der Waals surface area contributed by atoms with Crippen LogP contribution in [0.3, 0.4) is 0 Å². The molecule has 1 aliphatic heterocycles. The molecule has 0 amide bonds. The molecule has 0 saturated carbocycles. The minimum Gasteiger partial charge on any atom is -0.497 e. The van der Waals surface area contributed by atoms with Crippen molar-refractivity contribution in [1.29, 1.82) is 0 Å². The smallest absolute Gasteiger partial charge is 0.241 e. The van der Waals surface area contributed by atoms with Crippen molar-refractivity contribution in [3.05, 3.63) is 84.4 Å². The number of nitrogens with zero attached hydrogens (tertiary/aromatic N) is 1. The van der Waals surface area contributed by atoms with E-state index in [1.807, 2.05) is 49.4 Å². The van der Waals surface area contributed by atoms with E-state index >= 15 is 4.39 Å². The molecule has 1 saturated heterocycles. The zero-order valence-corrected chi connectivity index (χ0v) is 20.3. The van der Waals surface area contributed by atoms with Gasteiger partial charge in [-0.25, -0.2) is 17.5 Å². The summed E-state index contributed by atoms with van der Waals surface area (Å²) in [6, 6.07) is 22.8. The van der Waals surface area contributed by atoms with Gasteiger partial charge in [-0.2, -0.15) is 0 Å². The zero-order chi connectivity index (χ0) is 24.1. The molecule has 5 nitrogen and oxygen atoms in total. The summed E-state index contributed by atoms with van der Waals surface area (Å²) < 4.78 is 50.7. The lowest BCUT2D eigenvalue weighted by atomic mass is 9.82. The minimum absolute atomic E-state index is 0.163. The molecule has 0 bridgehead atoms. The molecule has 0 radical (unpaired) electrons. The number of benzene rings is 3. The predicted molar refractivity (Wildman–Crippen MR) is 133 cm³/mol. The zero-order valence-electron chi connectivity index (χ0n) is 19.5. The van der Waals surface area contributed by atoms with Crippen molar-refractivity contribution in [3.63, 3.8) is 0 Å². The van der Waals surface area contributed by atoms with Crippen molar-refractivity contribution >= 4 is 10.0 Å². The third-order valence-electron chi connectivity index (χ3n) is 6.57. The van der Waals surface area contributed by atoms with Crippen LogP contribution >= 0.6 is 0 Å². The van der Waals surface area contributed by atoms with E-state index in [1.165, 1.54) is 0 Å². The number of likely N-dealkylation sites (tertiary alicyclic amines) is 1. The first-order chi connectivity index (χ1) is 16.4. The lowest BCUT2D eigenvalue weighted by Gasteiger charge is -2.39. The number of alkyl halides is 1. The molecule has 1 fully saturated rings. The van der Waals surface area contributed by atoms with Crippen LogP contribution in [0, 0.1) is 5.92 Å². The van der Waals surface area contributed by atoms with Crippen LogP contribution in [0.1, 0.15) is 24.9 Å². The van der Waals surface area contributed by atoms with Gasteiger partial charge < -0.3 is 9.64 Å². The largest absolute Gasteiger partial charge is 0.497 e. The van der Waals surface area contributed by atoms with Gasteiger partial charge in [-0.1, -0.05) is 61.5 Å². The standard InChI is InChI=1S/C27H31FN2O3S/c1-3-30-17-16-24(26(28)19-30)27(29-34(31,32)22-12-8-5-9-13-22)23-15-14-21(33-2)18-25(23)20-10-6-4-7-11-20/h4-15,18,24,26-27,29H,3,16-17,19H2,1-2H3. The number of rotatable bonds is 8. The van der Waals surface area contributed by atoms with Gasteiger partial charge in [0.1, 0.15) is 11.9 Å². The summed E-state index contributed by atoms with van der Waals surface area (Å²) >= 11 is 0. The van der Waals surface area contributed by atoms with Gasteiger partial charge in [0.25, 0.3) is 0 Å². The average Bonchev–Trinajstić information content (AvgIpc) is 2.88. The Bertz CT molecular complexity index is 1190. The number of hydrogen-bond donors (Lipinski definition) is 1. The van der Waals surface area contributed by atoms with E-state index in [0.29, 0.717) is 18.7 Å². The van der Waals surface area contributed by atoms with Crippen molar-refractivity contribution in [2.45, 2.75) is 30.5 Å². The van der Waals surface area contributed by atoms with Crippen LogP contribution in [0.25, 0.3) is 11.1 Å². The molecule has 1 N–H and O–H groups in total. The van der Waals surface area contributed by atoms with Crippen LogP contribution in [-0.2, 0) is 10.0 Å². The highest BCUT2D eigenvalue weighted by atomic mass is 32.2. The van der Waals surface area contributed by atoms with E-state index in [9.17, 15) is 8.42 Å². The van der Waals surface area contributed by atoms with Gasteiger partial charge in [0.15, 0.2) is 0 Å². The summed E-state index contributed by atoms with van der Waals surface area (Å²) in [5, 5.41) is 0. The molecule has 3 unspecified atom stereocenters. The third-order valence-corrected chi connectivity index (χ3v) is 8.02. The number of hydrogen-bond acceptors (Lipinski definition) is 4. The molecule has 1 heterocycles. The monoisotopic (exact) mass is 482 g/mol. The van der Waals surface area contributed by atoms with E-state index in [1.54, 1.807) is 43.5 Å². The first-order valence-corrected chi connectivity index (χ1v) is 13.1. The highest BCUT2D eigenvalue weighted by Crippen LogP contribution is 2.40. The van der Waals surface area contributed by atoms with Gasteiger partial charge in [0, 0.05) is 12.5 Å². The van der Waals surface area contributed by atoms with Crippen LogP contribution in [0.15, 0.2) is 83.8 Å². The number of sulfonamides is 1. The highest BCUT2D eigenvalue weighted by Gasteiger charge is 2.38. The molecule has 0 aliphatic carbocycles. The number of piperidine rings is 1. The average molecular weight is 483 g/mol. The second kappa shape index (κ2) is 10.7. The quantitative estimate of drug-likeness (QED) is 0.488. The van der Waals surface area contributed by atoms with Crippen molar-refractivity contribution in [2.24, 2.45) is 5.92 Å². The van der Waals surface area contributed by atoms with Crippen LogP contribution in [0.4, 0.5) is 4.39 Å². The van der Waals surface area contributed by atoms with Crippen molar-refractivity contribution in [2.75, 3.05) is 26.7 Å². The SMILES string of the molecule is CCN1CCC(C(NS(=O)(=O)c2ccccc2)c2ccc(OC)cc2-c2ccccc2)C(F)C1. The van der Waals surface area contributed by atoms with Gasteiger partial charge in [-0.3, -0.25) is 0 Å². The Morgan fingerprint density at radius 3 is 2.35 bits per heavy atom. The molecule has 7 heteroatoms. The maximum atomic E-state index is 15.6. The Hall–Kier alpha value is -2.74. The number of ether oxygens (including phenoxy) is 1. The summed E-state index contributed by atoms with van der Waals surface area (Å²) in [4.78, 5) is 2.23. The van der Waals surface area contributed by atoms with E-state index in [2.05, 4.69) is 9.62 Å². The second-order valence-corrected chi connectivity index (χ2v) is 10.3. The summed E-state index contributed by atoms with van der Waals surface area (Å²) in [7, 11) is -2.28. The second-order valence-electron chi connectivity index (χ2n) is 8.59. The fourth-order valence-corrected chi connectivity index (χ4v) is 5.95. The summed E-state index contributed by atoms with van der Waals surface area (Å²) in [6.45, 7) is 3.80. The third kappa shape index (κ3) is 5.32. The number of methoxy groups -OCH3 is 1. The van der Waals surface area contributed by atoms with Crippen LogP contribution < -0.4 is 9.46 Å². The topological polar surface area (TPSA) is 58.6 Å². The molecular weight excluding hydrogens is 451 g/mol. The van der Waals surface area contributed by atoms with Crippen molar-refractivity contribution < 1.29 is 17.5 Å². The van der Waals surface area contributed by atoms with Gasteiger partial charge in [-0.15, -0.1) is 0 Å². The maximum absolute atomic E-state index is 15.6. The number of nitrogens with one attached hydrogen (secondary N) is 1. The lowest BCUT2D eigenvalue weighted by molar-refractivity contribution is 0.0714. The maximum Gasteiger partial charge on any atom is 0.241 e. The summed E-state index contributed by atoms with van der Waals surface area (Å²) in [6.07, 6.45) is -0.611. The molecule has 0 spiro atoms. The fourth-order valence-electron chi connectivity index (χ4n) is 4.67. The normalized spacial score (nSPS) is 20.1. The molecule has 1 aliphatic rings. The Morgan fingerprint density at radius 2 is 1.74 bits per heavy atom. The molecule has 3 aromatic rings. The highest BCUT2D eigenvalue weighted by molar-refractivity contribution is 7.89. The summed E-state index contributed by atoms with van der Waals surface area (Å²) in [5.41, 5.74) is 2.48. The molecule has 4 rings (SSSR count). The molecule has 34 heavy (non-hydrogen) atoms. The van der Waals surface area contributed by atoms with E-state index in [0.717, 1.165) is 29.8 Å². The fraction of sp³-hybridized carbons (Fsp3) is 0.333. The van der Waals surface area contributed by atoms with Gasteiger partial charge in [-0.05, 0) is 60.5 Å². The molecule has 180 valence electrons. The van der Waals surface area contributed by atoms with Crippen molar-refractivity contribution in [1.82, 2.24) is 9.62 Å². The molecule has 3 aromatic carbocycles. The van der Waals surface area contributed by atoms with Gasteiger partial charge in [0.05, 0.1) is 18.0 Å². The van der Waals surface area contributed by atoms with Gasteiger partial charge in [0.2, 0.25) is 10.0 Å². The minimum atomic E-state index is -3.88. The van der Waals surface area contributed by atoms with Gasteiger partial charge >= 0.3 is 0 Å². The van der Waals surface area contributed by atoms with E-state index < -0.39 is 28.2 Å². The molecule has 0 aromatic heterocycles. The Morgan fingerprint density at radius 1 is 1.06 bits per heavy atom. The predicted octanol–water partition coefficient (Wildman–Crippen LogP) is 5.06. The first-order valence-electron chi connectivity index (χ1n) is 11.6. The first kappa shape index (κ1) is 24.4. The van der Waals surface area contributed by atoms with Crippen molar-refractivity contribution in [3.8, 4) is 16.9 Å². The molecular formula is C27H31FN2O3S. The molecule has 3 atom stereocenters. The Labute approximate surface area is 201 Å². The van der Waals surface area contributed by atoms with Crippen LogP contribution in [-0.4, -0.2) is 46.2 Å². The lowest BCUT2D eigenvalue weighted by Crippen LogP contribution is -2.47. The Balaban J connectivity index is 1.82. The summed E-state index contributed by atoms with van der Waals surface area (Å²) in [5.74, 6) is 0.155. The number of halogens is 1.